The zero-order chi connectivity index (χ0) is 13.3. The van der Waals surface area contributed by atoms with Crippen LogP contribution in [0, 0.1) is 0 Å². The standard InChI is InChI=1S/C14H21N3O/c1-10(2)12-6-5-11(9-15-12)13-14(18)17(4)8-7-16(13)3/h5-6,9-10,13H,7-8H2,1-4H3. The Kier molecular flexibility index (Phi) is 3.66. The second-order valence-electron chi connectivity index (χ2n) is 5.31. The maximum Gasteiger partial charge on any atom is 0.244 e. The van der Waals surface area contributed by atoms with E-state index in [0.717, 1.165) is 24.3 Å². The van der Waals surface area contributed by atoms with Crippen LogP contribution in [-0.4, -0.2) is 47.9 Å². The number of carbonyl (C=O) groups is 1. The molecular weight excluding hydrogens is 226 g/mol. The molecule has 1 saturated heterocycles. The van der Waals surface area contributed by atoms with Gasteiger partial charge in [-0.05, 0) is 24.6 Å². The molecule has 0 bridgehead atoms. The molecule has 4 nitrogen and oxygen atoms in total. The highest BCUT2D eigenvalue weighted by molar-refractivity contribution is 5.83. The second-order valence-corrected chi connectivity index (χ2v) is 5.31. The summed E-state index contributed by atoms with van der Waals surface area (Å²) in [6.07, 6.45) is 1.84. The molecule has 1 aliphatic heterocycles. The lowest BCUT2D eigenvalue weighted by Gasteiger charge is -2.36. The van der Waals surface area contributed by atoms with Crippen molar-refractivity contribution >= 4 is 5.91 Å². The van der Waals surface area contributed by atoms with Crippen molar-refractivity contribution in [3.63, 3.8) is 0 Å². The maximum atomic E-state index is 12.2. The number of carbonyl (C=O) groups excluding carboxylic acids is 1. The van der Waals surface area contributed by atoms with Crippen molar-refractivity contribution in [2.45, 2.75) is 25.8 Å². The molecule has 18 heavy (non-hydrogen) atoms. The van der Waals surface area contributed by atoms with Crippen molar-refractivity contribution in [3.8, 4) is 0 Å². The molecule has 1 unspecified atom stereocenters. The predicted molar refractivity (Wildman–Crippen MR) is 71.3 cm³/mol. The number of hydrogen-bond acceptors (Lipinski definition) is 3. The molecule has 0 N–H and O–H groups in total. The van der Waals surface area contributed by atoms with Crippen molar-refractivity contribution in [2.24, 2.45) is 0 Å². The first-order valence-corrected chi connectivity index (χ1v) is 6.41. The summed E-state index contributed by atoms with van der Waals surface area (Å²) in [7, 11) is 3.85. The minimum atomic E-state index is -0.183. The predicted octanol–water partition coefficient (Wildman–Crippen LogP) is 1.65. The summed E-state index contributed by atoms with van der Waals surface area (Å²) in [4.78, 5) is 20.5. The molecule has 4 heteroatoms. The summed E-state index contributed by atoms with van der Waals surface area (Å²) in [5, 5.41) is 0. The number of likely N-dealkylation sites (N-methyl/N-ethyl adjacent to an activating group) is 2. The van der Waals surface area contributed by atoms with E-state index in [1.807, 2.05) is 32.4 Å². The van der Waals surface area contributed by atoms with Gasteiger partial charge in [0.25, 0.3) is 0 Å². The van der Waals surface area contributed by atoms with E-state index in [0.29, 0.717) is 5.92 Å². The van der Waals surface area contributed by atoms with Crippen molar-refractivity contribution in [1.29, 1.82) is 0 Å². The van der Waals surface area contributed by atoms with E-state index in [-0.39, 0.29) is 11.9 Å². The van der Waals surface area contributed by atoms with Gasteiger partial charge in [0.15, 0.2) is 0 Å². The fraction of sp³-hybridized carbons (Fsp3) is 0.571. The number of pyridine rings is 1. The third-order valence-corrected chi connectivity index (χ3v) is 3.56. The molecule has 1 fully saturated rings. The van der Waals surface area contributed by atoms with E-state index in [4.69, 9.17) is 0 Å². The van der Waals surface area contributed by atoms with Gasteiger partial charge in [0.1, 0.15) is 6.04 Å². The lowest BCUT2D eigenvalue weighted by atomic mass is 10.0. The summed E-state index contributed by atoms with van der Waals surface area (Å²) < 4.78 is 0. The monoisotopic (exact) mass is 247 g/mol. The lowest BCUT2D eigenvalue weighted by molar-refractivity contribution is -0.139. The third kappa shape index (κ3) is 2.38. The topological polar surface area (TPSA) is 36.4 Å². The quantitative estimate of drug-likeness (QED) is 0.797. The molecule has 1 aromatic rings. The lowest BCUT2D eigenvalue weighted by Crippen LogP contribution is -2.49. The van der Waals surface area contributed by atoms with Crippen LogP contribution in [-0.2, 0) is 4.79 Å². The minimum Gasteiger partial charge on any atom is -0.343 e. The van der Waals surface area contributed by atoms with E-state index in [1.54, 1.807) is 4.90 Å². The summed E-state index contributed by atoms with van der Waals surface area (Å²) in [6, 6.07) is 3.87. The van der Waals surface area contributed by atoms with Crippen LogP contribution in [0.25, 0.3) is 0 Å². The zero-order valence-electron chi connectivity index (χ0n) is 11.6. The smallest absolute Gasteiger partial charge is 0.244 e. The number of hydrogen-bond donors (Lipinski definition) is 0. The average molecular weight is 247 g/mol. The van der Waals surface area contributed by atoms with Crippen molar-refractivity contribution < 1.29 is 4.79 Å². The normalized spacial score (nSPS) is 21.7. The van der Waals surface area contributed by atoms with Gasteiger partial charge in [-0.25, -0.2) is 0 Å². The van der Waals surface area contributed by atoms with Crippen molar-refractivity contribution in [2.75, 3.05) is 27.2 Å². The highest BCUT2D eigenvalue weighted by Gasteiger charge is 2.32. The van der Waals surface area contributed by atoms with Gasteiger partial charge in [-0.15, -0.1) is 0 Å². The Morgan fingerprint density at radius 1 is 1.28 bits per heavy atom. The van der Waals surface area contributed by atoms with Gasteiger partial charge in [0.05, 0.1) is 0 Å². The van der Waals surface area contributed by atoms with E-state index in [1.165, 1.54) is 0 Å². The van der Waals surface area contributed by atoms with Gasteiger partial charge < -0.3 is 4.90 Å². The van der Waals surface area contributed by atoms with Crippen LogP contribution in [0.1, 0.15) is 37.1 Å². The Morgan fingerprint density at radius 2 is 2.00 bits per heavy atom. The summed E-state index contributed by atoms with van der Waals surface area (Å²) >= 11 is 0. The number of nitrogens with zero attached hydrogens (tertiary/aromatic N) is 3. The molecule has 1 amide bonds. The summed E-state index contributed by atoms with van der Waals surface area (Å²) in [5.74, 6) is 0.573. The van der Waals surface area contributed by atoms with Crippen molar-refractivity contribution in [1.82, 2.24) is 14.8 Å². The van der Waals surface area contributed by atoms with Gasteiger partial charge in [0.2, 0.25) is 5.91 Å². The van der Waals surface area contributed by atoms with Crippen LogP contribution >= 0.6 is 0 Å². The zero-order valence-corrected chi connectivity index (χ0v) is 11.6. The van der Waals surface area contributed by atoms with Gasteiger partial charge in [-0.1, -0.05) is 19.9 Å². The molecule has 2 heterocycles. The molecule has 1 atom stereocenters. The number of rotatable bonds is 2. The fourth-order valence-corrected chi connectivity index (χ4v) is 2.26. The molecule has 1 aliphatic rings. The molecule has 0 aliphatic carbocycles. The summed E-state index contributed by atoms with van der Waals surface area (Å²) in [5.41, 5.74) is 2.05. The molecule has 0 saturated carbocycles. The average Bonchev–Trinajstić information content (AvgIpc) is 2.35. The van der Waals surface area contributed by atoms with Crippen LogP contribution in [0.15, 0.2) is 18.3 Å². The maximum absolute atomic E-state index is 12.2. The Hall–Kier alpha value is -1.42. The highest BCUT2D eigenvalue weighted by Crippen LogP contribution is 2.25. The summed E-state index contributed by atoms with van der Waals surface area (Å²) in [6.45, 7) is 5.93. The molecule has 0 aromatic carbocycles. The molecule has 0 spiro atoms. The SMILES string of the molecule is CC(C)c1ccc(C2C(=O)N(C)CCN2C)cn1. The number of aromatic nitrogens is 1. The number of amides is 1. The first kappa shape index (κ1) is 13.0. The Bertz CT molecular complexity index is 427. The molecule has 2 rings (SSSR count). The minimum absolute atomic E-state index is 0.155. The second kappa shape index (κ2) is 5.06. The van der Waals surface area contributed by atoms with E-state index < -0.39 is 0 Å². The first-order chi connectivity index (χ1) is 8.50. The van der Waals surface area contributed by atoms with Gasteiger partial charge in [-0.3, -0.25) is 14.7 Å². The Labute approximate surface area is 109 Å². The first-order valence-electron chi connectivity index (χ1n) is 6.41. The highest BCUT2D eigenvalue weighted by atomic mass is 16.2. The molecular formula is C14H21N3O. The largest absolute Gasteiger partial charge is 0.343 e. The van der Waals surface area contributed by atoms with E-state index in [9.17, 15) is 4.79 Å². The molecule has 0 radical (unpaired) electrons. The van der Waals surface area contributed by atoms with Crippen LogP contribution < -0.4 is 0 Å². The van der Waals surface area contributed by atoms with Crippen LogP contribution in [0.4, 0.5) is 0 Å². The Morgan fingerprint density at radius 3 is 2.56 bits per heavy atom. The van der Waals surface area contributed by atoms with E-state index >= 15 is 0 Å². The third-order valence-electron chi connectivity index (χ3n) is 3.56. The number of piperazine rings is 1. The van der Waals surface area contributed by atoms with Gasteiger partial charge in [0, 0.05) is 32.0 Å². The van der Waals surface area contributed by atoms with Crippen molar-refractivity contribution in [3.05, 3.63) is 29.6 Å². The van der Waals surface area contributed by atoms with Gasteiger partial charge >= 0.3 is 0 Å². The van der Waals surface area contributed by atoms with Crippen LogP contribution in [0.5, 0.6) is 0 Å². The molecule has 1 aromatic heterocycles. The fourth-order valence-electron chi connectivity index (χ4n) is 2.26. The van der Waals surface area contributed by atoms with E-state index in [2.05, 4.69) is 23.7 Å². The van der Waals surface area contributed by atoms with Gasteiger partial charge in [-0.2, -0.15) is 0 Å². The molecule has 98 valence electrons. The van der Waals surface area contributed by atoms with Crippen LogP contribution in [0.3, 0.4) is 0 Å². The van der Waals surface area contributed by atoms with Crippen LogP contribution in [0.2, 0.25) is 0 Å². The Balaban J connectivity index is 2.26.